The molecule has 1 aromatic carbocycles. The molecule has 0 bridgehead atoms. The van der Waals surface area contributed by atoms with Crippen molar-refractivity contribution in [1.82, 2.24) is 10.6 Å². The number of urea groups is 1. The minimum Gasteiger partial charge on any atom is -0.337 e. The summed E-state index contributed by atoms with van der Waals surface area (Å²) < 4.78 is 0. The Morgan fingerprint density at radius 3 is 2.65 bits per heavy atom. The number of amides is 2. The number of carbonyl (C=O) groups excluding carboxylic acids is 1. The molecule has 2 amide bonds. The average Bonchev–Trinajstić information content (AvgIpc) is 2.35. The minimum atomic E-state index is -0.166. The highest BCUT2D eigenvalue weighted by Crippen LogP contribution is 1.96. The van der Waals surface area contributed by atoms with E-state index in [1.807, 2.05) is 30.3 Å². The molecule has 94 valence electrons. The van der Waals surface area contributed by atoms with Crippen LogP contribution >= 0.6 is 0 Å². The van der Waals surface area contributed by atoms with Crippen molar-refractivity contribution >= 4 is 6.03 Å². The smallest absolute Gasteiger partial charge is 0.315 e. The second-order valence-electron chi connectivity index (χ2n) is 4.10. The number of rotatable bonds is 6. The summed E-state index contributed by atoms with van der Waals surface area (Å²) in [7, 11) is 0. The van der Waals surface area contributed by atoms with E-state index in [2.05, 4.69) is 17.6 Å². The van der Waals surface area contributed by atoms with Crippen LogP contribution in [0.5, 0.6) is 0 Å². The van der Waals surface area contributed by atoms with E-state index in [1.165, 1.54) is 0 Å². The SMILES string of the molecule is CCCC(N)CNC(=O)NCc1ccccc1. The number of benzene rings is 1. The molecule has 0 radical (unpaired) electrons. The summed E-state index contributed by atoms with van der Waals surface area (Å²) in [5.74, 6) is 0. The lowest BCUT2D eigenvalue weighted by atomic mass is 10.2. The first-order chi connectivity index (χ1) is 8.22. The van der Waals surface area contributed by atoms with E-state index in [-0.39, 0.29) is 12.1 Å². The number of nitrogens with two attached hydrogens (primary N) is 1. The van der Waals surface area contributed by atoms with Crippen molar-refractivity contribution in [3.05, 3.63) is 35.9 Å². The van der Waals surface area contributed by atoms with Gasteiger partial charge in [-0.3, -0.25) is 0 Å². The van der Waals surface area contributed by atoms with E-state index in [9.17, 15) is 4.79 Å². The van der Waals surface area contributed by atoms with Gasteiger partial charge in [-0.2, -0.15) is 0 Å². The monoisotopic (exact) mass is 235 g/mol. The molecule has 1 aromatic rings. The molecule has 1 atom stereocenters. The van der Waals surface area contributed by atoms with E-state index >= 15 is 0 Å². The van der Waals surface area contributed by atoms with Crippen molar-refractivity contribution in [3.8, 4) is 0 Å². The zero-order valence-corrected chi connectivity index (χ0v) is 10.3. The van der Waals surface area contributed by atoms with Gasteiger partial charge in [0.05, 0.1) is 0 Å². The van der Waals surface area contributed by atoms with Crippen LogP contribution in [0.1, 0.15) is 25.3 Å². The quantitative estimate of drug-likeness (QED) is 0.701. The van der Waals surface area contributed by atoms with Crippen LogP contribution in [0.2, 0.25) is 0 Å². The summed E-state index contributed by atoms with van der Waals surface area (Å²) in [5.41, 5.74) is 6.88. The fraction of sp³-hybridized carbons (Fsp3) is 0.462. The molecule has 0 aromatic heterocycles. The summed E-state index contributed by atoms with van der Waals surface area (Å²) in [6.45, 7) is 3.14. The molecular weight excluding hydrogens is 214 g/mol. The first-order valence-corrected chi connectivity index (χ1v) is 6.03. The molecule has 1 unspecified atom stereocenters. The van der Waals surface area contributed by atoms with E-state index < -0.39 is 0 Å². The zero-order valence-electron chi connectivity index (χ0n) is 10.3. The third-order valence-electron chi connectivity index (χ3n) is 2.48. The summed E-state index contributed by atoms with van der Waals surface area (Å²) in [6, 6.07) is 9.68. The molecule has 0 spiro atoms. The summed E-state index contributed by atoms with van der Waals surface area (Å²) in [5, 5.41) is 5.55. The first kappa shape index (κ1) is 13.5. The molecule has 4 nitrogen and oxygen atoms in total. The molecule has 0 saturated carbocycles. The van der Waals surface area contributed by atoms with Crippen molar-refractivity contribution in [2.45, 2.75) is 32.4 Å². The van der Waals surface area contributed by atoms with Crippen molar-refractivity contribution in [2.75, 3.05) is 6.54 Å². The average molecular weight is 235 g/mol. The van der Waals surface area contributed by atoms with Gasteiger partial charge < -0.3 is 16.4 Å². The van der Waals surface area contributed by atoms with Gasteiger partial charge in [0.15, 0.2) is 0 Å². The maximum absolute atomic E-state index is 11.4. The number of hydrogen-bond acceptors (Lipinski definition) is 2. The first-order valence-electron chi connectivity index (χ1n) is 6.03. The van der Waals surface area contributed by atoms with Crippen LogP contribution < -0.4 is 16.4 Å². The Morgan fingerprint density at radius 1 is 1.29 bits per heavy atom. The standard InChI is InChI=1S/C13H21N3O/c1-2-6-12(14)10-16-13(17)15-9-11-7-4-3-5-8-11/h3-5,7-8,12H,2,6,9-10,14H2,1H3,(H2,15,16,17). The largest absolute Gasteiger partial charge is 0.337 e. The highest BCUT2D eigenvalue weighted by molar-refractivity contribution is 5.73. The summed E-state index contributed by atoms with van der Waals surface area (Å²) in [4.78, 5) is 11.4. The van der Waals surface area contributed by atoms with E-state index in [0.29, 0.717) is 13.1 Å². The van der Waals surface area contributed by atoms with E-state index in [0.717, 1.165) is 18.4 Å². The zero-order chi connectivity index (χ0) is 12.5. The molecule has 0 heterocycles. The highest BCUT2D eigenvalue weighted by Gasteiger charge is 2.04. The van der Waals surface area contributed by atoms with E-state index in [1.54, 1.807) is 0 Å². The van der Waals surface area contributed by atoms with Crippen molar-refractivity contribution in [2.24, 2.45) is 5.73 Å². The molecule has 17 heavy (non-hydrogen) atoms. The molecule has 0 aliphatic carbocycles. The van der Waals surface area contributed by atoms with Gasteiger partial charge in [0.2, 0.25) is 0 Å². The lowest BCUT2D eigenvalue weighted by molar-refractivity contribution is 0.239. The Morgan fingerprint density at radius 2 is 2.00 bits per heavy atom. The van der Waals surface area contributed by atoms with Gasteiger partial charge >= 0.3 is 6.03 Å². The Hall–Kier alpha value is -1.55. The number of carbonyl (C=O) groups is 1. The van der Waals surface area contributed by atoms with Crippen LogP contribution in [0, 0.1) is 0 Å². The van der Waals surface area contributed by atoms with Gasteiger partial charge in [-0.15, -0.1) is 0 Å². The van der Waals surface area contributed by atoms with Gasteiger partial charge in [-0.1, -0.05) is 43.7 Å². The summed E-state index contributed by atoms with van der Waals surface area (Å²) in [6.07, 6.45) is 1.97. The van der Waals surface area contributed by atoms with Crippen LogP contribution in [0.4, 0.5) is 4.79 Å². The lowest BCUT2D eigenvalue weighted by Crippen LogP contribution is -2.42. The van der Waals surface area contributed by atoms with Crippen LogP contribution in [0.25, 0.3) is 0 Å². The van der Waals surface area contributed by atoms with E-state index in [4.69, 9.17) is 5.73 Å². The third kappa shape index (κ3) is 5.92. The van der Waals surface area contributed by atoms with Crippen molar-refractivity contribution < 1.29 is 4.79 Å². The molecular formula is C13H21N3O. The predicted octanol–water partition coefficient (Wildman–Crippen LogP) is 1.61. The lowest BCUT2D eigenvalue weighted by Gasteiger charge is -2.12. The van der Waals surface area contributed by atoms with Crippen LogP contribution in [-0.4, -0.2) is 18.6 Å². The van der Waals surface area contributed by atoms with Gasteiger partial charge in [0.25, 0.3) is 0 Å². The highest BCUT2D eigenvalue weighted by atomic mass is 16.2. The van der Waals surface area contributed by atoms with Crippen LogP contribution in [0.3, 0.4) is 0 Å². The number of nitrogens with one attached hydrogen (secondary N) is 2. The third-order valence-corrected chi connectivity index (χ3v) is 2.48. The van der Waals surface area contributed by atoms with Gasteiger partial charge in [-0.05, 0) is 12.0 Å². The molecule has 0 fully saturated rings. The second kappa shape index (κ2) is 7.68. The Balaban J connectivity index is 2.17. The fourth-order valence-electron chi connectivity index (χ4n) is 1.54. The molecule has 0 aliphatic heterocycles. The Bertz CT molecular complexity index is 327. The number of hydrogen-bond donors (Lipinski definition) is 3. The normalized spacial score (nSPS) is 11.9. The van der Waals surface area contributed by atoms with Crippen LogP contribution in [0.15, 0.2) is 30.3 Å². The minimum absolute atomic E-state index is 0.0440. The van der Waals surface area contributed by atoms with Gasteiger partial charge in [-0.25, -0.2) is 4.79 Å². The molecule has 0 saturated heterocycles. The van der Waals surface area contributed by atoms with Crippen molar-refractivity contribution in [3.63, 3.8) is 0 Å². The topological polar surface area (TPSA) is 67.1 Å². The predicted molar refractivity (Wildman–Crippen MR) is 69.6 cm³/mol. The van der Waals surface area contributed by atoms with Crippen molar-refractivity contribution in [1.29, 1.82) is 0 Å². The Labute approximate surface area is 103 Å². The maximum atomic E-state index is 11.4. The van der Waals surface area contributed by atoms with Crippen LogP contribution in [-0.2, 0) is 6.54 Å². The maximum Gasteiger partial charge on any atom is 0.315 e. The van der Waals surface area contributed by atoms with Gasteiger partial charge in [0, 0.05) is 19.1 Å². The molecule has 1 rings (SSSR count). The molecule has 4 heteroatoms. The molecule has 0 aliphatic rings. The fourth-order valence-corrected chi connectivity index (χ4v) is 1.54. The molecule has 4 N–H and O–H groups in total. The second-order valence-corrected chi connectivity index (χ2v) is 4.10. The summed E-state index contributed by atoms with van der Waals surface area (Å²) >= 11 is 0. The van der Waals surface area contributed by atoms with Gasteiger partial charge in [0.1, 0.15) is 0 Å². The Kier molecular flexibility index (Phi) is 6.10.